The highest BCUT2D eigenvalue weighted by Gasteiger charge is 2.25. The summed E-state index contributed by atoms with van der Waals surface area (Å²) in [5.41, 5.74) is 1.00. The molecule has 0 spiro atoms. The minimum absolute atomic E-state index is 0. The Morgan fingerprint density at radius 2 is 2.13 bits per heavy atom. The van der Waals surface area contributed by atoms with Crippen LogP contribution >= 0.6 is 35.6 Å². The second-order valence-electron chi connectivity index (χ2n) is 7.70. The second-order valence-corrected chi connectivity index (χ2v) is 8.13. The number of benzene rings is 1. The van der Waals surface area contributed by atoms with Crippen molar-refractivity contribution in [2.75, 3.05) is 51.4 Å². The van der Waals surface area contributed by atoms with Gasteiger partial charge in [-0.1, -0.05) is 25.4 Å². The smallest absolute Gasteiger partial charge is 0.191 e. The number of hydrogen-bond acceptors (Lipinski definition) is 5. The van der Waals surface area contributed by atoms with Crippen LogP contribution in [-0.4, -0.2) is 69.7 Å². The summed E-state index contributed by atoms with van der Waals surface area (Å²) < 4.78 is 11.0. The molecule has 1 saturated heterocycles. The Balaban J connectivity index is 0.00000450. The van der Waals surface area contributed by atoms with Crippen LogP contribution in [0.2, 0.25) is 5.02 Å². The third-order valence-corrected chi connectivity index (χ3v) is 4.81. The van der Waals surface area contributed by atoms with Gasteiger partial charge in [0, 0.05) is 37.3 Å². The Morgan fingerprint density at radius 1 is 1.37 bits per heavy atom. The SMILES string of the molecule is CCNC(=NCC(O)COCC(C)C)NC1CCN(c2cc(Cl)ccc2OC)C1.I. The monoisotopic (exact) mass is 554 g/mol. The van der Waals surface area contributed by atoms with Gasteiger partial charge in [0.1, 0.15) is 5.75 Å². The molecule has 0 radical (unpaired) electrons. The molecule has 0 aliphatic carbocycles. The van der Waals surface area contributed by atoms with Crippen molar-refractivity contribution in [2.45, 2.75) is 39.3 Å². The average molecular weight is 555 g/mol. The van der Waals surface area contributed by atoms with Gasteiger partial charge in [0.15, 0.2) is 5.96 Å². The number of ether oxygens (including phenoxy) is 2. The van der Waals surface area contributed by atoms with E-state index in [0.717, 1.165) is 37.5 Å². The molecule has 1 heterocycles. The molecule has 1 fully saturated rings. The molecule has 1 aromatic rings. The fourth-order valence-electron chi connectivity index (χ4n) is 3.21. The lowest BCUT2D eigenvalue weighted by Crippen LogP contribution is -2.45. The van der Waals surface area contributed by atoms with E-state index in [2.05, 4.69) is 34.4 Å². The van der Waals surface area contributed by atoms with E-state index in [0.29, 0.717) is 36.7 Å². The number of guanidine groups is 1. The van der Waals surface area contributed by atoms with Crippen LogP contribution in [-0.2, 0) is 4.74 Å². The molecule has 2 unspecified atom stereocenters. The van der Waals surface area contributed by atoms with Crippen LogP contribution in [0, 0.1) is 5.92 Å². The lowest BCUT2D eigenvalue weighted by molar-refractivity contribution is 0.0301. The molecule has 2 atom stereocenters. The molecule has 1 aliphatic heterocycles. The minimum Gasteiger partial charge on any atom is -0.495 e. The standard InChI is InChI=1S/C21H35ClN4O3.HI/c1-5-23-21(24-11-18(27)14-29-13-15(2)3)25-17-8-9-26(12-17)19-10-16(22)6-7-20(19)28-4;/h6-7,10,15,17-18,27H,5,8-9,11-14H2,1-4H3,(H2,23,24,25);1H. The van der Waals surface area contributed by atoms with Crippen LogP contribution in [0.4, 0.5) is 5.69 Å². The molecule has 172 valence electrons. The molecule has 7 nitrogen and oxygen atoms in total. The van der Waals surface area contributed by atoms with Crippen molar-refractivity contribution in [1.29, 1.82) is 0 Å². The van der Waals surface area contributed by atoms with Crippen molar-refractivity contribution in [3.63, 3.8) is 0 Å². The Kier molecular flexibility index (Phi) is 12.8. The molecule has 3 N–H and O–H groups in total. The van der Waals surface area contributed by atoms with E-state index >= 15 is 0 Å². The molecule has 0 amide bonds. The minimum atomic E-state index is -0.611. The van der Waals surface area contributed by atoms with E-state index < -0.39 is 6.10 Å². The van der Waals surface area contributed by atoms with Gasteiger partial charge in [-0.15, -0.1) is 24.0 Å². The number of nitrogens with one attached hydrogen (secondary N) is 2. The van der Waals surface area contributed by atoms with Crippen LogP contribution in [0.3, 0.4) is 0 Å². The van der Waals surface area contributed by atoms with Gasteiger partial charge in [-0.05, 0) is 37.5 Å². The van der Waals surface area contributed by atoms with E-state index in [4.69, 9.17) is 21.1 Å². The van der Waals surface area contributed by atoms with E-state index in [9.17, 15) is 5.11 Å². The molecule has 1 aliphatic rings. The van der Waals surface area contributed by atoms with Crippen LogP contribution in [0.25, 0.3) is 0 Å². The number of anilines is 1. The first-order chi connectivity index (χ1) is 13.9. The highest BCUT2D eigenvalue weighted by molar-refractivity contribution is 14.0. The van der Waals surface area contributed by atoms with Gasteiger partial charge in [-0.25, -0.2) is 0 Å². The molecule has 0 aromatic heterocycles. The van der Waals surface area contributed by atoms with E-state index in [-0.39, 0.29) is 30.0 Å². The van der Waals surface area contributed by atoms with Gasteiger partial charge in [0.05, 0.1) is 32.1 Å². The van der Waals surface area contributed by atoms with Crippen LogP contribution in [0.5, 0.6) is 5.75 Å². The zero-order valence-electron chi connectivity index (χ0n) is 18.4. The maximum atomic E-state index is 10.1. The van der Waals surface area contributed by atoms with E-state index in [1.807, 2.05) is 25.1 Å². The summed E-state index contributed by atoms with van der Waals surface area (Å²) >= 11 is 6.18. The summed E-state index contributed by atoms with van der Waals surface area (Å²) in [5.74, 6) is 1.98. The van der Waals surface area contributed by atoms with Crippen molar-refractivity contribution in [1.82, 2.24) is 10.6 Å². The molecule has 0 saturated carbocycles. The van der Waals surface area contributed by atoms with Crippen molar-refractivity contribution >= 4 is 47.2 Å². The first-order valence-electron chi connectivity index (χ1n) is 10.3. The summed E-state index contributed by atoms with van der Waals surface area (Å²) in [6.45, 7) is 9.91. The first-order valence-corrected chi connectivity index (χ1v) is 10.7. The van der Waals surface area contributed by atoms with Gasteiger partial charge in [-0.2, -0.15) is 0 Å². The predicted molar refractivity (Wildman–Crippen MR) is 135 cm³/mol. The Labute approximate surface area is 202 Å². The fraction of sp³-hybridized carbons (Fsp3) is 0.667. The van der Waals surface area contributed by atoms with Crippen molar-refractivity contribution in [3.8, 4) is 5.75 Å². The molecule has 0 bridgehead atoms. The van der Waals surface area contributed by atoms with Crippen molar-refractivity contribution in [3.05, 3.63) is 23.2 Å². The van der Waals surface area contributed by atoms with Gasteiger partial charge < -0.3 is 30.1 Å². The zero-order valence-corrected chi connectivity index (χ0v) is 21.4. The van der Waals surface area contributed by atoms with Gasteiger partial charge in [0.25, 0.3) is 0 Å². The van der Waals surface area contributed by atoms with Crippen LogP contribution in [0.15, 0.2) is 23.2 Å². The number of halogens is 2. The molecule has 30 heavy (non-hydrogen) atoms. The van der Waals surface area contributed by atoms with Crippen LogP contribution < -0.4 is 20.3 Å². The van der Waals surface area contributed by atoms with Gasteiger partial charge in [-0.3, -0.25) is 4.99 Å². The Bertz CT molecular complexity index is 663. The van der Waals surface area contributed by atoms with Crippen LogP contribution in [0.1, 0.15) is 27.2 Å². The lowest BCUT2D eigenvalue weighted by Gasteiger charge is -2.22. The van der Waals surface area contributed by atoms with E-state index in [1.54, 1.807) is 7.11 Å². The third kappa shape index (κ3) is 9.03. The second kappa shape index (κ2) is 14.2. The maximum absolute atomic E-state index is 10.1. The number of hydrogen-bond donors (Lipinski definition) is 3. The number of aliphatic hydroxyl groups is 1. The summed E-state index contributed by atoms with van der Waals surface area (Å²) in [4.78, 5) is 6.78. The topological polar surface area (TPSA) is 78.4 Å². The zero-order chi connectivity index (χ0) is 21.2. The quantitative estimate of drug-likeness (QED) is 0.234. The Morgan fingerprint density at radius 3 is 2.80 bits per heavy atom. The Hall–Kier alpha value is -0.970. The lowest BCUT2D eigenvalue weighted by atomic mass is 10.2. The summed E-state index contributed by atoms with van der Waals surface area (Å²) in [7, 11) is 1.67. The largest absolute Gasteiger partial charge is 0.495 e. The predicted octanol–water partition coefficient (Wildman–Crippen LogP) is 3.13. The number of aliphatic hydroxyl groups excluding tert-OH is 1. The number of rotatable bonds is 10. The van der Waals surface area contributed by atoms with Gasteiger partial charge in [0.2, 0.25) is 0 Å². The number of aliphatic imine (C=N–C) groups is 1. The normalized spacial score (nSPS) is 17.6. The number of methoxy groups -OCH3 is 1. The van der Waals surface area contributed by atoms with Crippen molar-refractivity contribution < 1.29 is 14.6 Å². The van der Waals surface area contributed by atoms with E-state index in [1.165, 1.54) is 0 Å². The fourth-order valence-corrected chi connectivity index (χ4v) is 3.38. The highest BCUT2D eigenvalue weighted by Crippen LogP contribution is 2.33. The molecular formula is C21H36ClIN4O3. The van der Waals surface area contributed by atoms with Gasteiger partial charge >= 0.3 is 0 Å². The summed E-state index contributed by atoms with van der Waals surface area (Å²) in [6, 6.07) is 5.91. The average Bonchev–Trinajstić information content (AvgIpc) is 3.14. The molecule has 1 aromatic carbocycles. The summed E-state index contributed by atoms with van der Waals surface area (Å²) in [5, 5.41) is 17.5. The third-order valence-electron chi connectivity index (χ3n) is 4.58. The molecule has 2 rings (SSSR count). The number of nitrogens with zero attached hydrogens (tertiary/aromatic N) is 2. The summed E-state index contributed by atoms with van der Waals surface area (Å²) in [6.07, 6.45) is 0.361. The van der Waals surface area contributed by atoms with Crippen molar-refractivity contribution in [2.24, 2.45) is 10.9 Å². The highest BCUT2D eigenvalue weighted by atomic mass is 127. The molecule has 9 heteroatoms. The molecular weight excluding hydrogens is 519 g/mol. The first kappa shape index (κ1) is 27.1. The maximum Gasteiger partial charge on any atom is 0.191 e.